The van der Waals surface area contributed by atoms with Gasteiger partial charge in [0.2, 0.25) is 12.1 Å². The third kappa shape index (κ3) is 7.96. The molecule has 37 heavy (non-hydrogen) atoms. The summed E-state index contributed by atoms with van der Waals surface area (Å²) in [6.07, 6.45) is 5.21. The molecular weight excluding hydrogens is 533 g/mol. The minimum Gasteiger partial charge on any atom is -0.432 e. The van der Waals surface area contributed by atoms with Crippen molar-refractivity contribution in [2.45, 2.75) is 56.9 Å². The van der Waals surface area contributed by atoms with E-state index in [4.69, 9.17) is 30.3 Å². The summed E-state index contributed by atoms with van der Waals surface area (Å²) in [6.45, 7) is -0.490. The molecule has 2 N–H and O–H groups in total. The van der Waals surface area contributed by atoms with Crippen LogP contribution in [0, 0.1) is 0 Å². The van der Waals surface area contributed by atoms with E-state index in [0.29, 0.717) is 35.9 Å². The Balaban J connectivity index is 1.23. The minimum atomic E-state index is -4.15. The van der Waals surface area contributed by atoms with Crippen LogP contribution >= 0.6 is 19.2 Å². The monoisotopic (exact) mass is 563 g/mol. The van der Waals surface area contributed by atoms with E-state index in [0.717, 1.165) is 12.8 Å². The van der Waals surface area contributed by atoms with Crippen molar-refractivity contribution in [1.29, 1.82) is 0 Å². The van der Waals surface area contributed by atoms with Gasteiger partial charge in [-0.2, -0.15) is 9.97 Å². The van der Waals surface area contributed by atoms with E-state index in [9.17, 15) is 14.3 Å². The zero-order chi connectivity index (χ0) is 26.3. The quantitative estimate of drug-likeness (QED) is 0.120. The summed E-state index contributed by atoms with van der Waals surface area (Å²) in [5, 5.41) is 3.56. The largest absolute Gasteiger partial charge is 0.510 e. The lowest BCUT2D eigenvalue weighted by atomic mass is 10.2. The van der Waals surface area contributed by atoms with Gasteiger partial charge in [0.1, 0.15) is 19.2 Å². The predicted octanol–water partition coefficient (Wildman–Crippen LogP) is 3.45. The molecule has 2 aliphatic rings. The third-order valence-corrected chi connectivity index (χ3v) is 7.17. The fourth-order valence-corrected chi connectivity index (χ4v) is 5.02. The van der Waals surface area contributed by atoms with E-state index in [1.54, 1.807) is 6.33 Å². The van der Waals surface area contributed by atoms with Gasteiger partial charge in [-0.15, -0.1) is 0 Å². The summed E-state index contributed by atoms with van der Waals surface area (Å²) in [4.78, 5) is 34.3. The molecule has 0 amide bonds. The van der Waals surface area contributed by atoms with Crippen molar-refractivity contribution in [3.05, 3.63) is 11.6 Å². The number of methoxy groups -OCH3 is 1. The van der Waals surface area contributed by atoms with Crippen molar-refractivity contribution in [3.63, 3.8) is 0 Å². The summed E-state index contributed by atoms with van der Waals surface area (Å²) in [5.74, 6) is 0.615. The van der Waals surface area contributed by atoms with Crippen LogP contribution in [0.4, 0.5) is 10.6 Å². The Morgan fingerprint density at radius 2 is 2.05 bits per heavy atom. The molecule has 0 aromatic carbocycles. The molecule has 3 heterocycles. The molecule has 2 aromatic rings. The molecule has 0 radical (unpaired) electrons. The Hall–Kier alpha value is -2.06. The fourth-order valence-electron chi connectivity index (χ4n) is 4.22. The molecule has 1 aliphatic carbocycles. The Labute approximate surface area is 218 Å². The van der Waals surface area contributed by atoms with E-state index >= 15 is 0 Å². The number of aromatic nitrogens is 4. The molecule has 1 aliphatic heterocycles. The van der Waals surface area contributed by atoms with Gasteiger partial charge in [-0.3, -0.25) is 13.7 Å². The number of halogens is 1. The molecule has 0 spiro atoms. The van der Waals surface area contributed by atoms with Crippen LogP contribution < -0.4 is 5.32 Å². The highest BCUT2D eigenvalue weighted by Gasteiger charge is 2.30. The maximum Gasteiger partial charge on any atom is 0.510 e. The van der Waals surface area contributed by atoms with Crippen molar-refractivity contribution in [3.8, 4) is 0 Å². The van der Waals surface area contributed by atoms with Crippen LogP contribution in [0.2, 0.25) is 5.28 Å². The predicted molar refractivity (Wildman–Crippen MR) is 130 cm³/mol. The number of carbonyl (C=O) groups excluding carboxylic acids is 1. The van der Waals surface area contributed by atoms with E-state index in [1.165, 1.54) is 20.0 Å². The summed E-state index contributed by atoms with van der Waals surface area (Å²) in [5.41, 5.74) is 1.20. The molecule has 3 atom stereocenters. The van der Waals surface area contributed by atoms with Gasteiger partial charge in [-0.1, -0.05) is 12.8 Å². The average Bonchev–Trinajstić information content (AvgIpc) is 3.60. The Morgan fingerprint density at radius 3 is 2.84 bits per heavy atom. The number of anilines is 1. The van der Waals surface area contributed by atoms with Gasteiger partial charge in [0.05, 0.1) is 25.6 Å². The summed E-state index contributed by atoms with van der Waals surface area (Å²) in [7, 11) is -2.70. The highest BCUT2D eigenvalue weighted by atomic mass is 35.5. The first-order chi connectivity index (χ1) is 17.8. The number of nitrogens with zero attached hydrogens (tertiary/aromatic N) is 4. The number of hydrogen-bond donors (Lipinski definition) is 2. The Bertz CT molecular complexity index is 1100. The lowest BCUT2D eigenvalue weighted by molar-refractivity contribution is -0.0374. The fraction of sp³-hybridized carbons (Fsp3) is 0.714. The van der Waals surface area contributed by atoms with Crippen molar-refractivity contribution in [1.82, 2.24) is 19.5 Å². The second-order valence-corrected chi connectivity index (χ2v) is 10.8. The molecule has 206 valence electrons. The normalized spacial score (nSPS) is 21.8. The maximum absolute atomic E-state index is 12.1. The molecule has 16 heteroatoms. The van der Waals surface area contributed by atoms with E-state index in [1.807, 2.05) is 4.57 Å². The Morgan fingerprint density at radius 1 is 1.24 bits per heavy atom. The van der Waals surface area contributed by atoms with Crippen molar-refractivity contribution in [2.75, 3.05) is 45.4 Å². The molecular formula is C21H31ClN5O9P. The second-order valence-electron chi connectivity index (χ2n) is 8.70. The number of rotatable bonds is 13. The van der Waals surface area contributed by atoms with E-state index in [2.05, 4.69) is 29.7 Å². The number of ether oxygens (including phenoxy) is 5. The topological polar surface area (TPSA) is 165 Å². The number of carbonyl (C=O) groups is 1. The van der Waals surface area contributed by atoms with Gasteiger partial charge in [0.25, 0.3) is 0 Å². The molecule has 2 fully saturated rings. The lowest BCUT2D eigenvalue weighted by Crippen LogP contribution is -2.18. The SMILES string of the molecule is COCCOC(=O)OCOP(=O)(O)COC[C@@H]1CCC(n2cnc3c(NC4CCCC4)nc(Cl)nc32)O1. The first-order valence-electron chi connectivity index (χ1n) is 12.0. The van der Waals surface area contributed by atoms with E-state index in [-0.39, 0.29) is 37.4 Å². The average molecular weight is 564 g/mol. The maximum atomic E-state index is 12.1. The highest BCUT2D eigenvalue weighted by molar-refractivity contribution is 7.52. The zero-order valence-corrected chi connectivity index (χ0v) is 22.1. The summed E-state index contributed by atoms with van der Waals surface area (Å²) < 4.78 is 44.0. The van der Waals surface area contributed by atoms with Crippen LogP contribution in [-0.4, -0.2) is 82.8 Å². The van der Waals surface area contributed by atoms with Crippen molar-refractivity contribution < 1.29 is 42.5 Å². The van der Waals surface area contributed by atoms with Gasteiger partial charge in [-0.05, 0) is 37.3 Å². The van der Waals surface area contributed by atoms with Gasteiger partial charge in [0.15, 0.2) is 17.0 Å². The van der Waals surface area contributed by atoms with Crippen LogP contribution in [0.1, 0.15) is 44.8 Å². The third-order valence-electron chi connectivity index (χ3n) is 5.98. The van der Waals surface area contributed by atoms with Crippen LogP contribution in [-0.2, 0) is 32.8 Å². The van der Waals surface area contributed by atoms with Gasteiger partial charge in [-0.25, -0.2) is 9.78 Å². The van der Waals surface area contributed by atoms with Crippen LogP contribution in [0.15, 0.2) is 6.33 Å². The van der Waals surface area contributed by atoms with Gasteiger partial charge < -0.3 is 33.9 Å². The number of hydrogen-bond acceptors (Lipinski definition) is 12. The number of imidazole rings is 1. The van der Waals surface area contributed by atoms with E-state index < -0.39 is 26.9 Å². The number of nitrogens with one attached hydrogen (secondary N) is 1. The molecule has 0 bridgehead atoms. The minimum absolute atomic E-state index is 0.00894. The van der Waals surface area contributed by atoms with Crippen LogP contribution in [0.25, 0.3) is 11.2 Å². The van der Waals surface area contributed by atoms with Crippen LogP contribution in [0.5, 0.6) is 0 Å². The first-order valence-corrected chi connectivity index (χ1v) is 14.1. The van der Waals surface area contributed by atoms with Crippen molar-refractivity contribution >= 4 is 42.3 Å². The van der Waals surface area contributed by atoms with Crippen molar-refractivity contribution in [2.24, 2.45) is 0 Å². The zero-order valence-electron chi connectivity index (χ0n) is 20.4. The molecule has 4 rings (SSSR count). The van der Waals surface area contributed by atoms with Crippen LogP contribution in [0.3, 0.4) is 0 Å². The highest BCUT2D eigenvalue weighted by Crippen LogP contribution is 2.42. The number of fused-ring (bicyclic) bond motifs is 1. The first kappa shape index (κ1) is 28.0. The molecule has 2 unspecified atom stereocenters. The smallest absolute Gasteiger partial charge is 0.432 e. The standard InChI is InChI=1S/C21H31ClN5O9P/c1-31-8-9-33-21(28)34-12-35-37(29,30)13-32-10-15-6-7-16(36-15)27-11-23-17-18(24-14-4-2-3-5-14)25-20(22)26-19(17)27/h11,14-16H,2-10,12-13H2,1H3,(H,29,30)(H,24,25,26)/t15-,16?/m0/s1. The molecule has 1 saturated carbocycles. The van der Waals surface area contributed by atoms with Gasteiger partial charge in [0, 0.05) is 13.2 Å². The lowest BCUT2D eigenvalue weighted by Gasteiger charge is -2.17. The Kier molecular flexibility index (Phi) is 9.93. The molecule has 14 nitrogen and oxygen atoms in total. The second kappa shape index (κ2) is 13.1. The molecule has 2 aromatic heterocycles. The summed E-state index contributed by atoms with van der Waals surface area (Å²) in [6, 6.07) is 0.344. The summed E-state index contributed by atoms with van der Waals surface area (Å²) >= 11 is 6.20. The van der Waals surface area contributed by atoms with Gasteiger partial charge >= 0.3 is 13.8 Å². The molecule has 1 saturated heterocycles.